The number of hydrogen-bond donors (Lipinski definition) is 2. The van der Waals surface area contributed by atoms with Gasteiger partial charge in [-0.2, -0.15) is 0 Å². The van der Waals surface area contributed by atoms with Gasteiger partial charge in [0.15, 0.2) is 0 Å². The summed E-state index contributed by atoms with van der Waals surface area (Å²) in [6.07, 6.45) is 0. The van der Waals surface area contributed by atoms with E-state index in [2.05, 4.69) is 31.2 Å². The number of nitrogens with two attached hydrogens (primary N) is 1. The summed E-state index contributed by atoms with van der Waals surface area (Å²) >= 11 is 3.29. The average Bonchev–Trinajstić information content (AvgIpc) is 2.30. The Balaban J connectivity index is 2.46. The molecule has 0 amide bonds. The molecule has 6 heteroatoms. The largest absolute Gasteiger partial charge is 0.383 e. The molecular weight excluding hydrogens is 299 g/mol. The first-order chi connectivity index (χ1) is 8.49. The summed E-state index contributed by atoms with van der Waals surface area (Å²) in [5.41, 5.74) is 6.78. The smallest absolute Gasteiger partial charge is 0.147 e. The van der Waals surface area contributed by atoms with Crippen LogP contribution in [0.2, 0.25) is 0 Å². The van der Waals surface area contributed by atoms with Crippen LogP contribution in [-0.2, 0) is 0 Å². The van der Waals surface area contributed by atoms with Gasteiger partial charge in [-0.1, -0.05) is 6.07 Å². The summed E-state index contributed by atoms with van der Waals surface area (Å²) in [6.45, 7) is 3.52. The number of para-hydroxylation sites is 1. The Labute approximate surface area is 113 Å². The van der Waals surface area contributed by atoms with Crippen molar-refractivity contribution in [2.75, 3.05) is 11.1 Å². The van der Waals surface area contributed by atoms with Crippen molar-refractivity contribution in [2.24, 2.45) is 0 Å². The van der Waals surface area contributed by atoms with Gasteiger partial charge >= 0.3 is 0 Å². The van der Waals surface area contributed by atoms with Gasteiger partial charge in [-0.15, -0.1) is 0 Å². The topological polar surface area (TPSA) is 63.8 Å². The second-order valence-electron chi connectivity index (χ2n) is 3.85. The third kappa shape index (κ3) is 2.43. The number of rotatable bonds is 2. The van der Waals surface area contributed by atoms with E-state index in [0.29, 0.717) is 33.2 Å². The molecule has 0 atom stereocenters. The molecule has 0 fully saturated rings. The van der Waals surface area contributed by atoms with Crippen LogP contribution in [0.5, 0.6) is 0 Å². The highest BCUT2D eigenvalue weighted by molar-refractivity contribution is 9.10. The Hall–Kier alpha value is -1.69. The van der Waals surface area contributed by atoms with E-state index in [1.165, 1.54) is 6.07 Å². The van der Waals surface area contributed by atoms with Crippen molar-refractivity contribution in [3.05, 3.63) is 39.9 Å². The molecule has 0 aliphatic rings. The van der Waals surface area contributed by atoms with E-state index >= 15 is 0 Å². The molecule has 0 saturated heterocycles. The van der Waals surface area contributed by atoms with Crippen LogP contribution in [-0.4, -0.2) is 9.97 Å². The van der Waals surface area contributed by atoms with Gasteiger partial charge in [0.25, 0.3) is 0 Å². The molecular formula is C12H12BrFN4. The van der Waals surface area contributed by atoms with Crippen molar-refractivity contribution in [1.82, 2.24) is 9.97 Å². The Kier molecular flexibility index (Phi) is 3.47. The fraction of sp³-hybridized carbons (Fsp3) is 0.167. The molecule has 0 aliphatic heterocycles. The van der Waals surface area contributed by atoms with Crippen molar-refractivity contribution < 1.29 is 4.39 Å². The minimum absolute atomic E-state index is 0.332. The molecule has 18 heavy (non-hydrogen) atoms. The zero-order valence-electron chi connectivity index (χ0n) is 9.96. The highest BCUT2D eigenvalue weighted by Crippen LogP contribution is 2.29. The SMILES string of the molecule is Cc1nc(N)c(C)c(Nc2c(F)cccc2Br)n1. The van der Waals surface area contributed by atoms with Crippen LogP contribution >= 0.6 is 15.9 Å². The zero-order valence-corrected chi connectivity index (χ0v) is 11.5. The Bertz CT molecular complexity index is 581. The second kappa shape index (κ2) is 4.89. The molecule has 2 rings (SSSR count). The molecule has 1 aromatic carbocycles. The van der Waals surface area contributed by atoms with E-state index in [9.17, 15) is 4.39 Å². The molecule has 3 N–H and O–H groups in total. The lowest BCUT2D eigenvalue weighted by molar-refractivity contribution is 0.631. The summed E-state index contributed by atoms with van der Waals surface area (Å²) in [5, 5.41) is 2.94. The molecule has 0 spiro atoms. The maximum absolute atomic E-state index is 13.7. The summed E-state index contributed by atoms with van der Waals surface area (Å²) < 4.78 is 14.3. The van der Waals surface area contributed by atoms with Gasteiger partial charge in [-0.05, 0) is 41.9 Å². The number of nitrogen functional groups attached to an aromatic ring is 1. The van der Waals surface area contributed by atoms with Crippen molar-refractivity contribution >= 4 is 33.3 Å². The van der Waals surface area contributed by atoms with Crippen molar-refractivity contribution in [1.29, 1.82) is 0 Å². The normalized spacial score (nSPS) is 10.4. The van der Waals surface area contributed by atoms with Crippen molar-refractivity contribution in [2.45, 2.75) is 13.8 Å². The first-order valence-corrected chi connectivity index (χ1v) is 6.10. The van der Waals surface area contributed by atoms with E-state index < -0.39 is 0 Å². The molecule has 0 saturated carbocycles. The predicted molar refractivity (Wildman–Crippen MR) is 73.3 cm³/mol. The maximum atomic E-state index is 13.7. The van der Waals surface area contributed by atoms with E-state index in [0.717, 1.165) is 0 Å². The molecule has 94 valence electrons. The van der Waals surface area contributed by atoms with E-state index in [-0.39, 0.29) is 5.82 Å². The van der Waals surface area contributed by atoms with Crippen LogP contribution in [0, 0.1) is 19.7 Å². The fourth-order valence-electron chi connectivity index (χ4n) is 1.51. The first-order valence-electron chi connectivity index (χ1n) is 5.31. The third-order valence-electron chi connectivity index (χ3n) is 2.50. The van der Waals surface area contributed by atoms with Gasteiger partial charge in [-0.25, -0.2) is 14.4 Å². The molecule has 4 nitrogen and oxygen atoms in total. The number of nitrogens with one attached hydrogen (secondary N) is 1. The van der Waals surface area contributed by atoms with Gasteiger partial charge in [0.2, 0.25) is 0 Å². The third-order valence-corrected chi connectivity index (χ3v) is 3.16. The summed E-state index contributed by atoms with van der Waals surface area (Å²) in [7, 11) is 0. The number of aryl methyl sites for hydroxylation is 1. The standard InChI is InChI=1S/C12H12BrFN4/c1-6-11(15)16-7(2)17-12(6)18-10-8(13)4-3-5-9(10)14/h3-5H,1-2H3,(H3,15,16,17,18). The van der Waals surface area contributed by atoms with Crippen molar-refractivity contribution in [3.63, 3.8) is 0 Å². The highest BCUT2D eigenvalue weighted by atomic mass is 79.9. The Morgan fingerprint density at radius 3 is 2.67 bits per heavy atom. The highest BCUT2D eigenvalue weighted by Gasteiger charge is 2.11. The number of halogens is 2. The molecule has 0 radical (unpaired) electrons. The number of hydrogen-bond acceptors (Lipinski definition) is 4. The molecule has 1 aromatic heterocycles. The van der Waals surface area contributed by atoms with Gasteiger partial charge < -0.3 is 11.1 Å². The molecule has 2 aromatic rings. The minimum atomic E-state index is -0.362. The molecule has 1 heterocycles. The molecule has 0 aliphatic carbocycles. The minimum Gasteiger partial charge on any atom is -0.383 e. The monoisotopic (exact) mass is 310 g/mol. The number of benzene rings is 1. The second-order valence-corrected chi connectivity index (χ2v) is 4.71. The Morgan fingerprint density at radius 2 is 2.00 bits per heavy atom. The zero-order chi connectivity index (χ0) is 13.3. The Morgan fingerprint density at radius 1 is 1.28 bits per heavy atom. The average molecular weight is 311 g/mol. The van der Waals surface area contributed by atoms with Crippen LogP contribution < -0.4 is 11.1 Å². The van der Waals surface area contributed by atoms with E-state index in [1.807, 2.05) is 0 Å². The fourth-order valence-corrected chi connectivity index (χ4v) is 1.95. The summed E-state index contributed by atoms with van der Waals surface area (Å²) in [5.74, 6) is 1.06. The lowest BCUT2D eigenvalue weighted by Gasteiger charge is -2.12. The number of aromatic nitrogens is 2. The van der Waals surface area contributed by atoms with Gasteiger partial charge in [0, 0.05) is 10.0 Å². The summed E-state index contributed by atoms with van der Waals surface area (Å²) in [4.78, 5) is 8.26. The number of nitrogens with zero attached hydrogens (tertiary/aromatic N) is 2. The van der Waals surface area contributed by atoms with Crippen LogP contribution in [0.15, 0.2) is 22.7 Å². The molecule has 0 unspecified atom stereocenters. The first kappa shape index (κ1) is 12.8. The van der Waals surface area contributed by atoms with Crippen LogP contribution in [0.4, 0.5) is 21.7 Å². The maximum Gasteiger partial charge on any atom is 0.147 e. The van der Waals surface area contributed by atoms with Crippen LogP contribution in [0.25, 0.3) is 0 Å². The van der Waals surface area contributed by atoms with Gasteiger partial charge in [0.1, 0.15) is 23.3 Å². The van der Waals surface area contributed by atoms with Crippen molar-refractivity contribution in [3.8, 4) is 0 Å². The van der Waals surface area contributed by atoms with Crippen LogP contribution in [0.3, 0.4) is 0 Å². The van der Waals surface area contributed by atoms with Crippen LogP contribution in [0.1, 0.15) is 11.4 Å². The molecule has 0 bridgehead atoms. The lowest BCUT2D eigenvalue weighted by atomic mass is 10.2. The number of anilines is 3. The van der Waals surface area contributed by atoms with Gasteiger partial charge in [0.05, 0.1) is 5.69 Å². The quantitative estimate of drug-likeness (QED) is 0.893. The van der Waals surface area contributed by atoms with E-state index in [1.54, 1.807) is 26.0 Å². The van der Waals surface area contributed by atoms with Gasteiger partial charge in [-0.3, -0.25) is 0 Å². The summed E-state index contributed by atoms with van der Waals surface area (Å²) in [6, 6.07) is 4.75. The van der Waals surface area contributed by atoms with E-state index in [4.69, 9.17) is 5.73 Å². The predicted octanol–water partition coefficient (Wildman–Crippen LogP) is 3.32. The lowest BCUT2D eigenvalue weighted by Crippen LogP contribution is -2.06.